The maximum Gasteiger partial charge on any atom is 0.420 e. The van der Waals surface area contributed by atoms with Crippen LogP contribution in [0, 0.1) is 17.8 Å². The molecule has 1 saturated carbocycles. The molecule has 1 aliphatic carbocycles. The lowest BCUT2D eigenvalue weighted by molar-refractivity contribution is -0.184. The summed E-state index contributed by atoms with van der Waals surface area (Å²) in [6.07, 6.45) is -7.33. The lowest BCUT2D eigenvalue weighted by Crippen LogP contribution is -2.35. The summed E-state index contributed by atoms with van der Waals surface area (Å²) in [5, 5.41) is 9.56. The van der Waals surface area contributed by atoms with Gasteiger partial charge in [-0.25, -0.2) is 0 Å². The van der Waals surface area contributed by atoms with Gasteiger partial charge in [-0.1, -0.05) is 18.2 Å². The Balaban J connectivity index is 1.45. The number of piperidine rings is 1. The van der Waals surface area contributed by atoms with Gasteiger partial charge in [0.1, 0.15) is 11.3 Å². The third kappa shape index (κ3) is 6.25. The molecule has 198 valence electrons. The fourth-order valence-corrected chi connectivity index (χ4v) is 5.33. The first kappa shape index (κ1) is 26.6. The summed E-state index contributed by atoms with van der Waals surface area (Å²) in [5.41, 5.74) is -0.0442. The predicted molar refractivity (Wildman–Crippen MR) is 122 cm³/mol. The van der Waals surface area contributed by atoms with Crippen LogP contribution >= 0.6 is 0 Å². The van der Waals surface area contributed by atoms with Gasteiger partial charge in [0.15, 0.2) is 0 Å². The zero-order valence-corrected chi connectivity index (χ0v) is 19.7. The highest BCUT2D eigenvalue weighted by Crippen LogP contribution is 2.43. The van der Waals surface area contributed by atoms with E-state index in [1.54, 1.807) is 18.2 Å². The molecule has 0 unspecified atom stereocenters. The van der Waals surface area contributed by atoms with Gasteiger partial charge in [0.25, 0.3) is 0 Å². The van der Waals surface area contributed by atoms with Gasteiger partial charge in [0, 0.05) is 6.54 Å². The van der Waals surface area contributed by atoms with E-state index in [1.165, 1.54) is 12.1 Å². The SMILES string of the molecule is O=C(O)C1CCN(Cc2ccc3c(C(F)(F)F)c(OCC4CCC(C(F)(F)F)CC4)ccc3c2)CC1. The predicted octanol–water partition coefficient (Wildman–Crippen LogP) is 6.90. The summed E-state index contributed by atoms with van der Waals surface area (Å²) in [4.78, 5) is 13.2. The number of aliphatic carboxylic acids is 1. The second-order valence-electron chi connectivity index (χ2n) is 9.95. The molecule has 2 aromatic rings. The number of halogens is 6. The molecule has 1 saturated heterocycles. The van der Waals surface area contributed by atoms with Gasteiger partial charge < -0.3 is 9.84 Å². The second kappa shape index (κ2) is 10.5. The summed E-state index contributed by atoms with van der Waals surface area (Å²) in [6.45, 7) is 1.69. The lowest BCUT2D eigenvalue weighted by Gasteiger charge is -2.30. The first-order chi connectivity index (χ1) is 16.9. The van der Waals surface area contributed by atoms with Crippen molar-refractivity contribution in [3.05, 3.63) is 41.5 Å². The first-order valence-corrected chi connectivity index (χ1v) is 12.2. The molecule has 2 fully saturated rings. The summed E-state index contributed by atoms with van der Waals surface area (Å²) in [5.74, 6) is -3.03. The molecule has 2 aromatic carbocycles. The summed E-state index contributed by atoms with van der Waals surface area (Å²) in [6, 6.07) is 7.63. The molecule has 0 aromatic heterocycles. The minimum absolute atomic E-state index is 0.00844. The molecule has 10 heteroatoms. The fraction of sp³-hybridized carbons (Fsp3) is 0.577. The minimum Gasteiger partial charge on any atom is -0.493 e. The number of carboxylic acids is 1. The summed E-state index contributed by atoms with van der Waals surface area (Å²) in [7, 11) is 0. The molecule has 2 aliphatic rings. The van der Waals surface area contributed by atoms with E-state index in [4.69, 9.17) is 9.84 Å². The van der Waals surface area contributed by atoms with Crippen LogP contribution in [0.4, 0.5) is 26.3 Å². The van der Waals surface area contributed by atoms with Crippen LogP contribution in [0.3, 0.4) is 0 Å². The third-order valence-corrected chi connectivity index (χ3v) is 7.46. The highest BCUT2D eigenvalue weighted by Gasteiger charge is 2.42. The molecule has 1 aliphatic heterocycles. The summed E-state index contributed by atoms with van der Waals surface area (Å²) < 4.78 is 86.3. The van der Waals surface area contributed by atoms with Gasteiger partial charge in [-0.05, 0) is 86.0 Å². The highest BCUT2D eigenvalue weighted by atomic mass is 19.4. The van der Waals surface area contributed by atoms with E-state index in [9.17, 15) is 31.1 Å². The van der Waals surface area contributed by atoms with Crippen molar-refractivity contribution < 1.29 is 41.0 Å². The Morgan fingerprint density at radius 2 is 1.61 bits per heavy atom. The van der Waals surface area contributed by atoms with Crippen LogP contribution in [0.1, 0.15) is 49.7 Å². The zero-order chi connectivity index (χ0) is 26.1. The number of carboxylic acid groups (broad SMARTS) is 1. The third-order valence-electron chi connectivity index (χ3n) is 7.46. The minimum atomic E-state index is -4.66. The van der Waals surface area contributed by atoms with Crippen molar-refractivity contribution in [2.24, 2.45) is 17.8 Å². The lowest BCUT2D eigenvalue weighted by atomic mass is 9.82. The van der Waals surface area contributed by atoms with E-state index in [0.717, 1.165) is 5.56 Å². The molecule has 0 amide bonds. The standard InChI is InChI=1S/C26H29F6NO3/c27-25(28,29)20-5-1-16(2-6-20)15-36-22-8-4-19-13-17(3-7-21(19)23(22)26(30,31)32)14-33-11-9-18(10-12-33)24(34)35/h3-4,7-8,13,16,18,20H,1-2,5-6,9-12,14-15H2,(H,34,35). The molecule has 36 heavy (non-hydrogen) atoms. The van der Waals surface area contributed by atoms with Crippen LogP contribution in [0.15, 0.2) is 30.3 Å². The van der Waals surface area contributed by atoms with Crippen LogP contribution in [0.25, 0.3) is 10.8 Å². The number of alkyl halides is 6. The molecule has 0 radical (unpaired) electrons. The Kier molecular flexibility index (Phi) is 7.73. The maximum atomic E-state index is 14.0. The van der Waals surface area contributed by atoms with Crippen molar-refractivity contribution in [3.63, 3.8) is 0 Å². The quantitative estimate of drug-likeness (QED) is 0.424. The number of nitrogens with zero attached hydrogens (tertiary/aromatic N) is 1. The number of hydrogen-bond donors (Lipinski definition) is 1. The largest absolute Gasteiger partial charge is 0.493 e. The highest BCUT2D eigenvalue weighted by molar-refractivity contribution is 5.89. The van der Waals surface area contributed by atoms with Crippen molar-refractivity contribution in [1.82, 2.24) is 4.90 Å². The van der Waals surface area contributed by atoms with E-state index in [1.807, 2.05) is 0 Å². The summed E-state index contributed by atoms with van der Waals surface area (Å²) >= 11 is 0. The van der Waals surface area contributed by atoms with Crippen molar-refractivity contribution >= 4 is 16.7 Å². The van der Waals surface area contributed by atoms with E-state index in [-0.39, 0.29) is 55.3 Å². The van der Waals surface area contributed by atoms with Crippen molar-refractivity contribution in [1.29, 1.82) is 0 Å². The number of carbonyl (C=O) groups is 1. The van der Waals surface area contributed by atoms with Crippen LogP contribution in [-0.2, 0) is 17.5 Å². The molecule has 0 atom stereocenters. The molecular weight excluding hydrogens is 488 g/mol. The number of benzene rings is 2. The van der Waals surface area contributed by atoms with Gasteiger partial charge in [-0.2, -0.15) is 26.3 Å². The molecule has 1 N–H and O–H groups in total. The number of ether oxygens (including phenoxy) is 1. The van der Waals surface area contributed by atoms with Gasteiger partial charge in [-0.3, -0.25) is 9.69 Å². The monoisotopic (exact) mass is 517 g/mol. The van der Waals surface area contributed by atoms with Crippen LogP contribution in [0.2, 0.25) is 0 Å². The smallest absolute Gasteiger partial charge is 0.420 e. The van der Waals surface area contributed by atoms with E-state index in [2.05, 4.69) is 4.90 Å². The van der Waals surface area contributed by atoms with E-state index < -0.39 is 29.8 Å². The van der Waals surface area contributed by atoms with Crippen LogP contribution in [-0.4, -0.2) is 41.8 Å². The number of fused-ring (bicyclic) bond motifs is 1. The topological polar surface area (TPSA) is 49.8 Å². The fourth-order valence-electron chi connectivity index (χ4n) is 5.33. The van der Waals surface area contributed by atoms with Gasteiger partial charge in [0.05, 0.1) is 18.4 Å². The molecule has 4 nitrogen and oxygen atoms in total. The van der Waals surface area contributed by atoms with Crippen molar-refractivity contribution in [3.8, 4) is 5.75 Å². The Hall–Kier alpha value is -2.49. The Morgan fingerprint density at radius 1 is 0.944 bits per heavy atom. The maximum absolute atomic E-state index is 14.0. The van der Waals surface area contributed by atoms with Gasteiger partial charge >= 0.3 is 18.3 Å². The molecular formula is C26H29F6NO3. The Labute approximate surface area is 205 Å². The first-order valence-electron chi connectivity index (χ1n) is 12.2. The normalized spacial score (nSPS) is 22.6. The van der Waals surface area contributed by atoms with E-state index in [0.29, 0.717) is 37.9 Å². The average Bonchev–Trinajstić information content (AvgIpc) is 2.81. The van der Waals surface area contributed by atoms with E-state index >= 15 is 0 Å². The second-order valence-corrected chi connectivity index (χ2v) is 9.95. The molecule has 0 bridgehead atoms. The van der Waals surface area contributed by atoms with Crippen molar-refractivity contribution in [2.75, 3.05) is 19.7 Å². The van der Waals surface area contributed by atoms with Gasteiger partial charge in [0.2, 0.25) is 0 Å². The molecule has 1 heterocycles. The molecule has 0 spiro atoms. The van der Waals surface area contributed by atoms with Gasteiger partial charge in [-0.15, -0.1) is 0 Å². The number of rotatable bonds is 6. The number of hydrogen-bond acceptors (Lipinski definition) is 3. The van der Waals surface area contributed by atoms with Crippen LogP contribution < -0.4 is 4.74 Å². The Bertz CT molecular complexity index is 1070. The Morgan fingerprint density at radius 3 is 2.19 bits per heavy atom. The zero-order valence-electron chi connectivity index (χ0n) is 19.7. The number of likely N-dealkylation sites (tertiary alicyclic amines) is 1. The van der Waals surface area contributed by atoms with Crippen LogP contribution in [0.5, 0.6) is 5.75 Å². The molecule has 4 rings (SSSR count). The van der Waals surface area contributed by atoms with Crippen molar-refractivity contribution in [2.45, 2.75) is 57.4 Å². The average molecular weight is 518 g/mol.